The van der Waals surface area contributed by atoms with Crippen LogP contribution < -0.4 is 5.32 Å². The van der Waals surface area contributed by atoms with E-state index >= 15 is 0 Å². The average molecular weight is 506 g/mol. The first kappa shape index (κ1) is 25.3. The molecule has 13 nitrogen and oxygen atoms in total. The Morgan fingerprint density at radius 3 is 2.66 bits per heavy atom. The summed E-state index contributed by atoms with van der Waals surface area (Å²) in [6.45, 7) is 1.87. The monoisotopic (exact) mass is 506 g/mol. The first-order chi connectivity index (χ1) is 16.7. The average Bonchev–Trinajstić information content (AvgIpc) is 3.35. The minimum Gasteiger partial charge on any atom is -0.433 e. The summed E-state index contributed by atoms with van der Waals surface area (Å²) in [5.74, 6) is 0.406. The maximum absolute atomic E-state index is 12.4. The lowest BCUT2D eigenvalue weighted by atomic mass is 10.1. The van der Waals surface area contributed by atoms with E-state index in [0.29, 0.717) is 37.3 Å². The van der Waals surface area contributed by atoms with Gasteiger partial charge >= 0.3 is 12.5 Å². The van der Waals surface area contributed by atoms with Crippen molar-refractivity contribution in [2.24, 2.45) is 0 Å². The predicted molar refractivity (Wildman–Crippen MR) is 110 cm³/mol. The van der Waals surface area contributed by atoms with Gasteiger partial charge in [0.05, 0.1) is 19.5 Å². The quantitative estimate of drug-likeness (QED) is 0.458. The van der Waals surface area contributed by atoms with Crippen LogP contribution in [0.25, 0.3) is 11.2 Å². The molecule has 4 heterocycles. The van der Waals surface area contributed by atoms with Gasteiger partial charge < -0.3 is 29.8 Å². The summed E-state index contributed by atoms with van der Waals surface area (Å²) in [5.41, 5.74) is 0.595. The molecule has 2 aromatic rings. The van der Waals surface area contributed by atoms with Gasteiger partial charge in [-0.1, -0.05) is 0 Å². The van der Waals surface area contributed by atoms with E-state index in [1.165, 1.54) is 22.3 Å². The van der Waals surface area contributed by atoms with E-state index in [1.54, 1.807) is 6.92 Å². The van der Waals surface area contributed by atoms with Gasteiger partial charge in [0, 0.05) is 19.1 Å². The van der Waals surface area contributed by atoms with Crippen molar-refractivity contribution in [3.8, 4) is 0 Å². The molecule has 0 amide bonds. The molecule has 4 rings (SSSR count). The molecule has 0 spiro atoms. The number of aromatic nitrogens is 4. The van der Waals surface area contributed by atoms with E-state index in [9.17, 15) is 28.2 Å². The molecule has 0 saturated carbocycles. The number of carbonyl (C=O) groups is 1. The number of hydroxylamine groups is 2. The number of anilines is 1. The third-order valence-corrected chi connectivity index (χ3v) is 5.64. The Morgan fingerprint density at radius 2 is 1.97 bits per heavy atom. The Balaban J connectivity index is 1.41. The minimum atomic E-state index is -4.90. The number of rotatable bonds is 7. The molecule has 2 fully saturated rings. The van der Waals surface area contributed by atoms with Gasteiger partial charge in [0.2, 0.25) is 0 Å². The Labute approximate surface area is 196 Å². The highest BCUT2D eigenvalue weighted by Gasteiger charge is 2.46. The number of ether oxygens (including phenoxy) is 3. The van der Waals surface area contributed by atoms with Crippen LogP contribution in [0.2, 0.25) is 0 Å². The fourth-order valence-corrected chi connectivity index (χ4v) is 3.95. The maximum atomic E-state index is 12.4. The topological polar surface area (TPSA) is 153 Å². The molecule has 0 aromatic carbocycles. The summed E-state index contributed by atoms with van der Waals surface area (Å²) >= 11 is 0. The summed E-state index contributed by atoms with van der Waals surface area (Å²) < 4.78 is 52.4. The summed E-state index contributed by atoms with van der Waals surface area (Å²) in [6.07, 6.45) is -7.62. The predicted octanol–water partition coefficient (Wildman–Crippen LogP) is 0.946. The van der Waals surface area contributed by atoms with Crippen LogP contribution in [-0.2, 0) is 19.0 Å². The van der Waals surface area contributed by atoms with Gasteiger partial charge in [-0.15, -0.1) is 18.2 Å². The largest absolute Gasteiger partial charge is 0.527 e. The third-order valence-electron chi connectivity index (χ3n) is 5.64. The van der Waals surface area contributed by atoms with Crippen molar-refractivity contribution < 1.29 is 47.2 Å². The molecular formula is C19H25F3N6O7. The van der Waals surface area contributed by atoms with Crippen LogP contribution in [0.3, 0.4) is 0 Å². The summed E-state index contributed by atoms with van der Waals surface area (Å²) in [4.78, 5) is 29.2. The van der Waals surface area contributed by atoms with Crippen molar-refractivity contribution in [3.63, 3.8) is 0 Å². The smallest absolute Gasteiger partial charge is 0.433 e. The van der Waals surface area contributed by atoms with Crippen molar-refractivity contribution in [2.75, 3.05) is 31.6 Å². The Hall–Kier alpha value is -2.79. The van der Waals surface area contributed by atoms with E-state index in [0.717, 1.165) is 0 Å². The Bertz CT molecular complexity index is 1020. The number of carbonyl (C=O) groups excluding carboxylic acids is 1. The lowest BCUT2D eigenvalue weighted by Crippen LogP contribution is -2.40. The van der Waals surface area contributed by atoms with E-state index in [4.69, 9.17) is 14.3 Å². The molecule has 194 valence electrons. The van der Waals surface area contributed by atoms with Gasteiger partial charge in [-0.3, -0.25) is 9.30 Å². The van der Waals surface area contributed by atoms with Crippen molar-refractivity contribution in [3.05, 3.63) is 12.7 Å². The zero-order valence-corrected chi connectivity index (χ0v) is 18.6. The number of imidazole rings is 1. The second kappa shape index (κ2) is 10.4. The van der Waals surface area contributed by atoms with Gasteiger partial charge in [-0.2, -0.15) is 0 Å². The van der Waals surface area contributed by atoms with Crippen molar-refractivity contribution in [1.29, 1.82) is 0 Å². The highest BCUT2D eigenvalue weighted by Crippen LogP contribution is 2.33. The fourth-order valence-electron chi connectivity index (χ4n) is 3.95. The van der Waals surface area contributed by atoms with E-state index in [2.05, 4.69) is 25.0 Å². The number of aliphatic hydroxyl groups excluding tert-OH is 2. The van der Waals surface area contributed by atoms with Gasteiger partial charge in [0.1, 0.15) is 24.6 Å². The van der Waals surface area contributed by atoms with Gasteiger partial charge in [0.15, 0.2) is 23.2 Å². The summed E-state index contributed by atoms with van der Waals surface area (Å²) in [7, 11) is 0. The zero-order chi connectivity index (χ0) is 25.2. The highest BCUT2D eigenvalue weighted by molar-refractivity contribution is 5.82. The normalized spacial score (nSPS) is 26.2. The molecule has 0 radical (unpaired) electrons. The molecule has 2 saturated heterocycles. The molecular weight excluding hydrogens is 481 g/mol. The summed E-state index contributed by atoms with van der Waals surface area (Å²) in [5, 5.41) is 25.3. The number of nitrogens with one attached hydrogen (secondary N) is 1. The van der Waals surface area contributed by atoms with Crippen LogP contribution in [0.4, 0.5) is 23.8 Å². The van der Waals surface area contributed by atoms with Gasteiger partial charge in [-0.05, 0) is 19.8 Å². The van der Waals surface area contributed by atoms with Crippen LogP contribution >= 0.6 is 0 Å². The highest BCUT2D eigenvalue weighted by atomic mass is 19.4. The molecule has 16 heteroatoms. The van der Waals surface area contributed by atoms with Crippen molar-refractivity contribution in [1.82, 2.24) is 24.6 Å². The van der Waals surface area contributed by atoms with Crippen molar-refractivity contribution in [2.45, 2.75) is 56.7 Å². The minimum absolute atomic E-state index is 0.0145. The number of fused-ring (bicyclic) bond motifs is 1. The third kappa shape index (κ3) is 5.90. The Kier molecular flexibility index (Phi) is 7.56. The number of hydrogen-bond donors (Lipinski definition) is 3. The molecule has 35 heavy (non-hydrogen) atoms. The molecule has 2 aliphatic rings. The van der Waals surface area contributed by atoms with Crippen LogP contribution in [-0.4, -0.2) is 98.0 Å². The van der Waals surface area contributed by atoms with Crippen LogP contribution in [0.5, 0.6) is 0 Å². The first-order valence-electron chi connectivity index (χ1n) is 10.9. The summed E-state index contributed by atoms with van der Waals surface area (Å²) in [6, 6.07) is -0.0145. The maximum Gasteiger partial charge on any atom is 0.527 e. The number of piperidine rings is 1. The molecule has 4 atom stereocenters. The number of alkyl halides is 3. The van der Waals surface area contributed by atoms with E-state index in [-0.39, 0.29) is 18.3 Å². The number of hydrogen-bond acceptors (Lipinski definition) is 12. The van der Waals surface area contributed by atoms with Crippen LogP contribution in [0, 0.1) is 0 Å². The van der Waals surface area contributed by atoms with Crippen molar-refractivity contribution >= 4 is 23.1 Å². The molecule has 3 N–H and O–H groups in total. The van der Waals surface area contributed by atoms with Gasteiger partial charge in [-0.25, -0.2) is 19.7 Å². The van der Waals surface area contributed by atoms with Crippen LogP contribution in [0.15, 0.2) is 12.7 Å². The lowest BCUT2D eigenvalue weighted by Gasteiger charge is -2.30. The molecule has 2 aliphatic heterocycles. The molecule has 0 aliphatic carbocycles. The van der Waals surface area contributed by atoms with E-state index < -0.39 is 43.7 Å². The van der Waals surface area contributed by atoms with E-state index in [1.807, 2.05) is 0 Å². The standard InChI is InChI=1S/C19H25F3N6O7/c1-2-32-18(31)35-27-5-3-10(4-6-27)26-15-12-16(24-8-23-15)28(9-25-12)17-14(30)13(29)11(34-17)7-33-19(20,21)22/h8-11,13-14,17,29-30H,2-7H2,1H3,(H,23,24,26)/t11-,13-,14-,17-/m1/s1. The molecule has 0 unspecified atom stereocenters. The number of aliphatic hydroxyl groups is 2. The number of halogens is 3. The Morgan fingerprint density at radius 1 is 1.23 bits per heavy atom. The number of nitrogens with zero attached hydrogens (tertiary/aromatic N) is 5. The second-order valence-corrected chi connectivity index (χ2v) is 7.97. The molecule has 0 bridgehead atoms. The zero-order valence-electron chi connectivity index (χ0n) is 18.6. The van der Waals surface area contributed by atoms with Crippen LogP contribution in [0.1, 0.15) is 26.0 Å². The second-order valence-electron chi connectivity index (χ2n) is 7.97. The van der Waals surface area contributed by atoms with Gasteiger partial charge in [0.25, 0.3) is 0 Å². The lowest BCUT2D eigenvalue weighted by molar-refractivity contribution is -0.333. The fraction of sp³-hybridized carbons (Fsp3) is 0.684. The first-order valence-corrected chi connectivity index (χ1v) is 10.9. The molecule has 2 aromatic heterocycles. The SMILES string of the molecule is CCOC(=O)ON1CCC(Nc2ncnc3c2ncn3[C@@H]2O[C@H](COC(F)(F)F)[C@@H](O)[C@H]2O)CC1.